The molecule has 2 N–H and O–H groups in total. The van der Waals surface area contributed by atoms with Crippen LogP contribution in [0.4, 0.5) is 4.39 Å². The van der Waals surface area contributed by atoms with E-state index in [0.717, 1.165) is 11.1 Å². The SMILES string of the molecule is C[C@H](N)c1cc(Cl)ccc1OCc1cccc(F)c1. The van der Waals surface area contributed by atoms with Crippen molar-refractivity contribution in [3.05, 3.63) is 64.4 Å². The summed E-state index contributed by atoms with van der Waals surface area (Å²) in [5, 5.41) is 0.616. The molecule has 0 fully saturated rings. The molecule has 0 unspecified atom stereocenters. The van der Waals surface area contributed by atoms with Crippen molar-refractivity contribution in [3.8, 4) is 5.75 Å². The van der Waals surface area contributed by atoms with Gasteiger partial charge in [-0.05, 0) is 42.8 Å². The van der Waals surface area contributed by atoms with Crippen LogP contribution in [0, 0.1) is 5.82 Å². The number of hydrogen-bond acceptors (Lipinski definition) is 2. The molecule has 100 valence electrons. The lowest BCUT2D eigenvalue weighted by atomic mass is 10.1. The van der Waals surface area contributed by atoms with Gasteiger partial charge < -0.3 is 10.5 Å². The van der Waals surface area contributed by atoms with Crippen molar-refractivity contribution in [1.82, 2.24) is 0 Å². The predicted octanol–water partition coefficient (Wildman–Crippen LogP) is 4.08. The van der Waals surface area contributed by atoms with E-state index < -0.39 is 0 Å². The van der Waals surface area contributed by atoms with Crippen LogP contribution >= 0.6 is 11.6 Å². The second-order valence-corrected chi connectivity index (χ2v) is 4.83. The van der Waals surface area contributed by atoms with Crippen LogP contribution in [0.5, 0.6) is 5.75 Å². The first-order valence-electron chi connectivity index (χ1n) is 5.98. The fourth-order valence-electron chi connectivity index (χ4n) is 1.79. The second-order valence-electron chi connectivity index (χ2n) is 4.39. The quantitative estimate of drug-likeness (QED) is 0.915. The molecule has 2 nitrogen and oxygen atoms in total. The molecule has 0 saturated heterocycles. The van der Waals surface area contributed by atoms with Gasteiger partial charge in [0.25, 0.3) is 0 Å². The van der Waals surface area contributed by atoms with Gasteiger partial charge >= 0.3 is 0 Å². The summed E-state index contributed by atoms with van der Waals surface area (Å²) in [5.74, 6) is 0.397. The van der Waals surface area contributed by atoms with E-state index in [1.165, 1.54) is 12.1 Å². The fraction of sp³-hybridized carbons (Fsp3) is 0.200. The Morgan fingerprint density at radius 3 is 2.74 bits per heavy atom. The van der Waals surface area contributed by atoms with Crippen LogP contribution in [0.15, 0.2) is 42.5 Å². The molecule has 2 aromatic carbocycles. The summed E-state index contributed by atoms with van der Waals surface area (Å²) in [5.41, 5.74) is 7.48. The van der Waals surface area contributed by atoms with E-state index in [4.69, 9.17) is 22.1 Å². The van der Waals surface area contributed by atoms with Gasteiger partial charge in [-0.3, -0.25) is 0 Å². The van der Waals surface area contributed by atoms with Crippen LogP contribution in [-0.2, 0) is 6.61 Å². The monoisotopic (exact) mass is 279 g/mol. The molecule has 0 radical (unpaired) electrons. The Bertz CT molecular complexity index is 572. The van der Waals surface area contributed by atoms with Gasteiger partial charge in [0.05, 0.1) is 0 Å². The Balaban J connectivity index is 2.15. The molecular formula is C15H15ClFNO. The Morgan fingerprint density at radius 2 is 2.05 bits per heavy atom. The van der Waals surface area contributed by atoms with E-state index in [9.17, 15) is 4.39 Å². The lowest BCUT2D eigenvalue weighted by molar-refractivity contribution is 0.301. The zero-order valence-electron chi connectivity index (χ0n) is 10.6. The Kier molecular flexibility index (Phi) is 4.40. The first-order valence-corrected chi connectivity index (χ1v) is 6.36. The third-order valence-electron chi connectivity index (χ3n) is 2.75. The van der Waals surface area contributed by atoms with E-state index in [1.807, 2.05) is 13.0 Å². The number of hydrogen-bond donors (Lipinski definition) is 1. The molecule has 4 heteroatoms. The molecule has 0 spiro atoms. The normalized spacial score (nSPS) is 12.2. The minimum atomic E-state index is -0.273. The Labute approximate surface area is 117 Å². The topological polar surface area (TPSA) is 35.2 Å². The lowest BCUT2D eigenvalue weighted by Crippen LogP contribution is -2.08. The van der Waals surface area contributed by atoms with Gasteiger partial charge in [-0.25, -0.2) is 4.39 Å². The Morgan fingerprint density at radius 1 is 1.26 bits per heavy atom. The van der Waals surface area contributed by atoms with Gasteiger partial charge in [-0.2, -0.15) is 0 Å². The molecule has 0 aromatic heterocycles. The molecule has 0 heterocycles. The third-order valence-corrected chi connectivity index (χ3v) is 2.98. The highest BCUT2D eigenvalue weighted by Gasteiger charge is 2.09. The molecular weight excluding hydrogens is 265 g/mol. The van der Waals surface area contributed by atoms with Gasteiger partial charge in [0.15, 0.2) is 0 Å². The van der Waals surface area contributed by atoms with E-state index in [0.29, 0.717) is 17.4 Å². The Hall–Kier alpha value is -1.58. The smallest absolute Gasteiger partial charge is 0.124 e. The summed E-state index contributed by atoms with van der Waals surface area (Å²) >= 11 is 5.94. The molecule has 0 aliphatic rings. The summed E-state index contributed by atoms with van der Waals surface area (Å²) in [6.07, 6.45) is 0. The predicted molar refractivity (Wildman–Crippen MR) is 74.8 cm³/mol. The highest BCUT2D eigenvalue weighted by Crippen LogP contribution is 2.27. The number of ether oxygens (including phenoxy) is 1. The van der Waals surface area contributed by atoms with Crippen molar-refractivity contribution in [3.63, 3.8) is 0 Å². The maximum absolute atomic E-state index is 13.1. The maximum atomic E-state index is 13.1. The number of nitrogens with two attached hydrogens (primary N) is 1. The summed E-state index contributed by atoms with van der Waals surface area (Å²) in [6.45, 7) is 2.15. The van der Waals surface area contributed by atoms with Crippen molar-refractivity contribution >= 4 is 11.6 Å². The van der Waals surface area contributed by atoms with Crippen molar-refractivity contribution in [2.75, 3.05) is 0 Å². The van der Waals surface area contributed by atoms with Crippen molar-refractivity contribution in [2.45, 2.75) is 19.6 Å². The van der Waals surface area contributed by atoms with Gasteiger partial charge in [0, 0.05) is 16.6 Å². The summed E-state index contributed by atoms with van der Waals surface area (Å²) in [4.78, 5) is 0. The molecule has 0 saturated carbocycles. The van der Waals surface area contributed by atoms with Crippen molar-refractivity contribution in [2.24, 2.45) is 5.73 Å². The lowest BCUT2D eigenvalue weighted by Gasteiger charge is -2.14. The zero-order chi connectivity index (χ0) is 13.8. The largest absolute Gasteiger partial charge is 0.489 e. The van der Waals surface area contributed by atoms with Gasteiger partial charge in [-0.15, -0.1) is 0 Å². The van der Waals surface area contributed by atoms with E-state index in [2.05, 4.69) is 0 Å². The first-order chi connectivity index (χ1) is 9.06. The molecule has 2 rings (SSSR count). The fourth-order valence-corrected chi connectivity index (χ4v) is 1.97. The first kappa shape index (κ1) is 13.8. The number of benzene rings is 2. The average molecular weight is 280 g/mol. The standard InChI is InChI=1S/C15H15ClFNO/c1-10(18)14-8-12(16)5-6-15(14)19-9-11-3-2-4-13(17)7-11/h2-8,10H,9,18H2,1H3/t10-/m0/s1. The molecule has 0 aliphatic heterocycles. The minimum Gasteiger partial charge on any atom is -0.489 e. The van der Waals surface area contributed by atoms with Crippen LogP contribution in [0.2, 0.25) is 5.02 Å². The molecule has 0 bridgehead atoms. The van der Waals surface area contributed by atoms with E-state index in [-0.39, 0.29) is 11.9 Å². The molecule has 1 atom stereocenters. The third kappa shape index (κ3) is 3.69. The van der Waals surface area contributed by atoms with Gasteiger partial charge in [-0.1, -0.05) is 23.7 Å². The van der Waals surface area contributed by atoms with Crippen LogP contribution in [0.1, 0.15) is 24.1 Å². The summed E-state index contributed by atoms with van der Waals surface area (Å²) < 4.78 is 18.7. The maximum Gasteiger partial charge on any atom is 0.124 e. The average Bonchev–Trinajstić information content (AvgIpc) is 2.37. The number of rotatable bonds is 4. The van der Waals surface area contributed by atoms with Crippen LogP contribution in [0.3, 0.4) is 0 Å². The van der Waals surface area contributed by atoms with Crippen LogP contribution in [0.25, 0.3) is 0 Å². The molecule has 0 aliphatic carbocycles. The minimum absolute atomic E-state index is 0.179. The second kappa shape index (κ2) is 6.04. The van der Waals surface area contributed by atoms with Crippen LogP contribution in [-0.4, -0.2) is 0 Å². The van der Waals surface area contributed by atoms with E-state index >= 15 is 0 Å². The molecule has 19 heavy (non-hydrogen) atoms. The zero-order valence-corrected chi connectivity index (χ0v) is 11.3. The molecule has 2 aromatic rings. The van der Waals surface area contributed by atoms with E-state index in [1.54, 1.807) is 24.3 Å². The van der Waals surface area contributed by atoms with Gasteiger partial charge in [0.2, 0.25) is 0 Å². The van der Waals surface area contributed by atoms with Gasteiger partial charge in [0.1, 0.15) is 18.2 Å². The molecule has 0 amide bonds. The van der Waals surface area contributed by atoms with Crippen molar-refractivity contribution < 1.29 is 9.13 Å². The highest BCUT2D eigenvalue weighted by molar-refractivity contribution is 6.30. The summed E-state index contributed by atoms with van der Waals surface area (Å²) in [7, 11) is 0. The van der Waals surface area contributed by atoms with Crippen LogP contribution < -0.4 is 10.5 Å². The van der Waals surface area contributed by atoms with Crippen molar-refractivity contribution in [1.29, 1.82) is 0 Å². The number of halogens is 2. The highest BCUT2D eigenvalue weighted by atomic mass is 35.5. The summed E-state index contributed by atoms with van der Waals surface area (Å²) in [6, 6.07) is 11.4.